The summed E-state index contributed by atoms with van der Waals surface area (Å²) in [4.78, 5) is 13.7. The third-order valence-electron chi connectivity index (χ3n) is 2.79. The summed E-state index contributed by atoms with van der Waals surface area (Å²) in [5, 5.41) is 9.20. The van der Waals surface area contributed by atoms with Crippen molar-refractivity contribution in [3.8, 4) is 0 Å². The summed E-state index contributed by atoms with van der Waals surface area (Å²) < 4.78 is 13.3. The highest BCUT2D eigenvalue weighted by Gasteiger charge is 2.10. The lowest BCUT2D eigenvalue weighted by Crippen LogP contribution is -2.29. The van der Waals surface area contributed by atoms with Crippen molar-refractivity contribution in [1.29, 1.82) is 0 Å². The number of rotatable bonds is 6. The van der Waals surface area contributed by atoms with Gasteiger partial charge in [-0.3, -0.25) is 4.79 Å². The van der Waals surface area contributed by atoms with Crippen LogP contribution in [0.15, 0.2) is 18.2 Å². The second-order valence-corrected chi connectivity index (χ2v) is 4.75. The van der Waals surface area contributed by atoms with Gasteiger partial charge >= 0.3 is 0 Å². The predicted octanol–water partition coefficient (Wildman–Crippen LogP) is 2.02. The number of carbonyl (C=O) groups is 1. The fraction of sp³-hybridized carbons (Fsp3) is 0.500. The summed E-state index contributed by atoms with van der Waals surface area (Å²) in [6.07, 6.45) is -0.0898. The Balaban J connectivity index is 2.52. The molecule has 0 aliphatic heterocycles. The molecule has 4 heteroatoms. The fourth-order valence-electron chi connectivity index (χ4n) is 1.75. The van der Waals surface area contributed by atoms with E-state index in [1.807, 2.05) is 11.9 Å². The van der Waals surface area contributed by atoms with Crippen LogP contribution in [0.3, 0.4) is 0 Å². The maximum atomic E-state index is 13.3. The molecule has 0 bridgehead atoms. The second-order valence-electron chi connectivity index (χ2n) is 4.75. The lowest BCUT2D eigenvalue weighted by atomic mass is 10.1. The number of aliphatic hydroxyl groups excluding tert-OH is 1. The van der Waals surface area contributed by atoms with Gasteiger partial charge < -0.3 is 10.0 Å². The van der Waals surface area contributed by atoms with Gasteiger partial charge in [0.1, 0.15) is 5.82 Å². The Morgan fingerprint density at radius 3 is 2.72 bits per heavy atom. The summed E-state index contributed by atoms with van der Waals surface area (Å²) in [6.45, 7) is 4.45. The third kappa shape index (κ3) is 4.55. The molecule has 0 fully saturated rings. The first-order chi connectivity index (χ1) is 8.40. The highest BCUT2D eigenvalue weighted by molar-refractivity contribution is 5.96. The number of hydrogen-bond acceptors (Lipinski definition) is 3. The number of likely N-dealkylation sites (N-methyl/N-ethyl adjacent to an activating group) is 1. The quantitative estimate of drug-likeness (QED) is 0.788. The maximum absolute atomic E-state index is 13.3. The van der Waals surface area contributed by atoms with Crippen molar-refractivity contribution in [2.45, 2.75) is 26.4 Å². The van der Waals surface area contributed by atoms with Gasteiger partial charge in [0.2, 0.25) is 0 Å². The molecular weight excluding hydrogens is 233 g/mol. The predicted molar refractivity (Wildman–Crippen MR) is 69.3 cm³/mol. The van der Waals surface area contributed by atoms with Crippen LogP contribution in [0, 0.1) is 12.7 Å². The van der Waals surface area contributed by atoms with Gasteiger partial charge in [0.25, 0.3) is 0 Å². The van der Waals surface area contributed by atoms with Crippen LogP contribution in [-0.4, -0.2) is 42.0 Å². The standard InChI is InChI=1S/C14H20FNO2/c1-10-4-5-12(8-13(10)15)14(18)6-7-16(3)9-11(2)17/h4-5,8,11,17H,6-7,9H2,1-3H3. The van der Waals surface area contributed by atoms with Gasteiger partial charge in [0, 0.05) is 25.1 Å². The van der Waals surface area contributed by atoms with Gasteiger partial charge in [-0.25, -0.2) is 4.39 Å². The average molecular weight is 253 g/mol. The molecule has 3 nitrogen and oxygen atoms in total. The van der Waals surface area contributed by atoms with Gasteiger partial charge in [0.15, 0.2) is 5.78 Å². The van der Waals surface area contributed by atoms with E-state index in [9.17, 15) is 14.3 Å². The SMILES string of the molecule is Cc1ccc(C(=O)CCN(C)CC(C)O)cc1F. The van der Waals surface area contributed by atoms with Crippen molar-refractivity contribution in [3.05, 3.63) is 35.1 Å². The van der Waals surface area contributed by atoms with Crippen LogP contribution >= 0.6 is 0 Å². The lowest BCUT2D eigenvalue weighted by molar-refractivity contribution is 0.0948. The van der Waals surface area contributed by atoms with Crippen molar-refractivity contribution in [3.63, 3.8) is 0 Å². The number of aryl methyl sites for hydroxylation is 1. The summed E-state index contributed by atoms with van der Waals surface area (Å²) in [6, 6.07) is 4.55. The lowest BCUT2D eigenvalue weighted by Gasteiger charge is -2.17. The first-order valence-electron chi connectivity index (χ1n) is 6.06. The van der Waals surface area contributed by atoms with E-state index in [1.54, 1.807) is 26.0 Å². The summed E-state index contributed by atoms with van der Waals surface area (Å²) >= 11 is 0. The van der Waals surface area contributed by atoms with Crippen LogP contribution < -0.4 is 0 Å². The summed E-state index contributed by atoms with van der Waals surface area (Å²) in [7, 11) is 1.84. The second kappa shape index (κ2) is 6.61. The largest absolute Gasteiger partial charge is 0.392 e. The Hall–Kier alpha value is -1.26. The molecule has 100 valence electrons. The normalized spacial score (nSPS) is 12.8. The van der Waals surface area contributed by atoms with Crippen LogP contribution in [0.25, 0.3) is 0 Å². The van der Waals surface area contributed by atoms with Crippen LogP contribution in [-0.2, 0) is 0 Å². The van der Waals surface area contributed by atoms with Gasteiger partial charge in [-0.1, -0.05) is 12.1 Å². The molecule has 0 heterocycles. The van der Waals surface area contributed by atoms with Crippen molar-refractivity contribution >= 4 is 5.78 Å². The smallest absolute Gasteiger partial charge is 0.164 e. The van der Waals surface area contributed by atoms with E-state index >= 15 is 0 Å². The summed E-state index contributed by atoms with van der Waals surface area (Å²) in [5.74, 6) is -0.426. The minimum Gasteiger partial charge on any atom is -0.392 e. The Bertz CT molecular complexity index is 418. The molecular formula is C14H20FNO2. The van der Waals surface area contributed by atoms with Gasteiger partial charge in [-0.05, 0) is 32.5 Å². The van der Waals surface area contributed by atoms with Crippen molar-refractivity contribution in [2.75, 3.05) is 20.1 Å². The fourth-order valence-corrected chi connectivity index (χ4v) is 1.75. The molecule has 1 unspecified atom stereocenters. The van der Waals surface area contributed by atoms with Crippen LogP contribution in [0.5, 0.6) is 0 Å². The number of benzene rings is 1. The van der Waals surface area contributed by atoms with E-state index < -0.39 is 6.10 Å². The van der Waals surface area contributed by atoms with E-state index in [-0.39, 0.29) is 11.6 Å². The molecule has 0 saturated heterocycles. The molecule has 1 aromatic rings. The van der Waals surface area contributed by atoms with E-state index in [4.69, 9.17) is 0 Å². The number of carbonyl (C=O) groups excluding carboxylic acids is 1. The third-order valence-corrected chi connectivity index (χ3v) is 2.79. The first-order valence-corrected chi connectivity index (χ1v) is 6.06. The number of nitrogens with zero attached hydrogens (tertiary/aromatic N) is 1. The van der Waals surface area contributed by atoms with Crippen molar-refractivity contribution < 1.29 is 14.3 Å². The molecule has 1 rings (SSSR count). The maximum Gasteiger partial charge on any atom is 0.164 e. The van der Waals surface area contributed by atoms with Crippen molar-refractivity contribution in [1.82, 2.24) is 4.90 Å². The Morgan fingerprint density at radius 2 is 2.17 bits per heavy atom. The van der Waals surface area contributed by atoms with Crippen LogP contribution in [0.4, 0.5) is 4.39 Å². The molecule has 1 atom stereocenters. The molecule has 0 radical (unpaired) electrons. The molecule has 18 heavy (non-hydrogen) atoms. The molecule has 0 spiro atoms. The van der Waals surface area contributed by atoms with E-state index in [0.717, 1.165) is 0 Å². The molecule has 1 N–H and O–H groups in total. The monoisotopic (exact) mass is 253 g/mol. The average Bonchev–Trinajstić information content (AvgIpc) is 2.28. The number of aliphatic hydroxyl groups is 1. The van der Waals surface area contributed by atoms with Gasteiger partial charge in [0.05, 0.1) is 6.10 Å². The summed E-state index contributed by atoms with van der Waals surface area (Å²) in [5.41, 5.74) is 0.946. The van der Waals surface area contributed by atoms with Gasteiger partial charge in [-0.15, -0.1) is 0 Å². The molecule has 0 aromatic heterocycles. The Morgan fingerprint density at radius 1 is 1.50 bits per heavy atom. The molecule has 1 aromatic carbocycles. The molecule has 0 aliphatic carbocycles. The Kier molecular flexibility index (Phi) is 5.44. The zero-order valence-corrected chi connectivity index (χ0v) is 11.1. The molecule has 0 aliphatic rings. The highest BCUT2D eigenvalue weighted by Crippen LogP contribution is 2.11. The van der Waals surface area contributed by atoms with Gasteiger partial charge in [-0.2, -0.15) is 0 Å². The molecule has 0 saturated carbocycles. The minimum absolute atomic E-state index is 0.0775. The van der Waals surface area contributed by atoms with E-state index in [1.165, 1.54) is 6.07 Å². The number of Topliss-reactive ketones (excluding diaryl/α,β-unsaturated/α-hetero) is 1. The zero-order valence-electron chi connectivity index (χ0n) is 11.1. The van der Waals surface area contributed by atoms with E-state index in [2.05, 4.69) is 0 Å². The van der Waals surface area contributed by atoms with Crippen LogP contribution in [0.2, 0.25) is 0 Å². The number of hydrogen-bond donors (Lipinski definition) is 1. The van der Waals surface area contributed by atoms with Crippen LogP contribution in [0.1, 0.15) is 29.3 Å². The molecule has 0 amide bonds. The minimum atomic E-state index is -0.415. The highest BCUT2D eigenvalue weighted by atomic mass is 19.1. The Labute approximate surface area is 107 Å². The number of ketones is 1. The first kappa shape index (κ1) is 14.8. The van der Waals surface area contributed by atoms with E-state index in [0.29, 0.717) is 30.6 Å². The topological polar surface area (TPSA) is 40.5 Å². The van der Waals surface area contributed by atoms with Crippen molar-refractivity contribution in [2.24, 2.45) is 0 Å². The zero-order chi connectivity index (χ0) is 13.7. The number of halogens is 1.